The highest BCUT2D eigenvalue weighted by Crippen LogP contribution is 2.30. The number of rotatable bonds is 2. The van der Waals surface area contributed by atoms with Gasteiger partial charge in [-0.05, 0) is 63.3 Å². The zero-order valence-electron chi connectivity index (χ0n) is 12.4. The third-order valence-corrected chi connectivity index (χ3v) is 4.72. The maximum atomic E-state index is 12.8. The Morgan fingerprint density at radius 1 is 1.32 bits per heavy atom. The number of carbonyl (C=O) groups excluding carboxylic acids is 1. The molecule has 1 heterocycles. The topological polar surface area (TPSA) is 46.3 Å². The molecule has 1 aliphatic heterocycles. The van der Waals surface area contributed by atoms with Crippen LogP contribution in [-0.2, 0) is 0 Å². The Hall–Kier alpha value is -1.35. The maximum Gasteiger partial charge on any atom is 0.254 e. The Kier molecular flexibility index (Phi) is 3.68. The fourth-order valence-corrected chi connectivity index (χ4v) is 2.92. The van der Waals surface area contributed by atoms with E-state index in [9.17, 15) is 4.79 Å². The van der Waals surface area contributed by atoms with Gasteiger partial charge >= 0.3 is 0 Å². The highest BCUT2D eigenvalue weighted by atomic mass is 16.2. The first-order valence-corrected chi connectivity index (χ1v) is 6.99. The molecule has 2 N–H and O–H groups in total. The zero-order chi connectivity index (χ0) is 14.2. The van der Waals surface area contributed by atoms with E-state index in [0.717, 1.165) is 30.5 Å². The number of hydrogen-bond donors (Lipinski definition) is 1. The summed E-state index contributed by atoms with van der Waals surface area (Å²) in [7, 11) is 0. The van der Waals surface area contributed by atoms with E-state index in [1.54, 1.807) is 0 Å². The average Bonchev–Trinajstić information content (AvgIpc) is 2.78. The third-order valence-electron chi connectivity index (χ3n) is 4.72. The third kappa shape index (κ3) is 2.27. The van der Waals surface area contributed by atoms with Crippen LogP contribution in [0.4, 0.5) is 0 Å². The van der Waals surface area contributed by atoms with Crippen molar-refractivity contribution in [3.8, 4) is 0 Å². The predicted octanol–water partition coefficient (Wildman–Crippen LogP) is 2.57. The Morgan fingerprint density at radius 3 is 2.63 bits per heavy atom. The number of aryl methyl sites for hydroxylation is 1. The van der Waals surface area contributed by atoms with Crippen molar-refractivity contribution in [2.24, 2.45) is 5.73 Å². The van der Waals surface area contributed by atoms with E-state index in [2.05, 4.69) is 20.8 Å². The van der Waals surface area contributed by atoms with E-state index < -0.39 is 0 Å². The summed E-state index contributed by atoms with van der Waals surface area (Å²) in [5.74, 6) is 0.131. The number of nitrogens with zero attached hydrogens (tertiary/aromatic N) is 1. The van der Waals surface area contributed by atoms with Gasteiger partial charge in [0.25, 0.3) is 5.91 Å². The SMILES string of the molecule is Cc1ccc(C(=O)N2CCCC2(C)CN)c(C)c1C. The molecular weight excluding hydrogens is 236 g/mol. The van der Waals surface area contributed by atoms with Gasteiger partial charge in [0, 0.05) is 18.7 Å². The van der Waals surface area contributed by atoms with E-state index in [1.165, 1.54) is 11.1 Å². The van der Waals surface area contributed by atoms with Crippen LogP contribution in [0.2, 0.25) is 0 Å². The zero-order valence-corrected chi connectivity index (χ0v) is 12.4. The Bertz CT molecular complexity index is 510. The number of amides is 1. The number of nitrogens with two attached hydrogens (primary N) is 1. The fourth-order valence-electron chi connectivity index (χ4n) is 2.92. The quantitative estimate of drug-likeness (QED) is 0.888. The second-order valence-corrected chi connectivity index (χ2v) is 5.94. The number of hydrogen-bond acceptors (Lipinski definition) is 2. The molecule has 1 aromatic rings. The van der Waals surface area contributed by atoms with Crippen LogP contribution in [0.15, 0.2) is 12.1 Å². The second kappa shape index (κ2) is 4.97. The molecule has 3 nitrogen and oxygen atoms in total. The van der Waals surface area contributed by atoms with Crippen molar-refractivity contribution in [3.63, 3.8) is 0 Å². The van der Waals surface area contributed by atoms with Crippen molar-refractivity contribution < 1.29 is 4.79 Å². The molecule has 0 radical (unpaired) electrons. The first kappa shape index (κ1) is 14.1. The molecule has 1 fully saturated rings. The van der Waals surface area contributed by atoms with E-state index in [0.29, 0.717) is 6.54 Å². The number of benzene rings is 1. The van der Waals surface area contributed by atoms with E-state index in [4.69, 9.17) is 5.73 Å². The van der Waals surface area contributed by atoms with Crippen LogP contribution in [0.25, 0.3) is 0 Å². The van der Waals surface area contributed by atoms with Crippen LogP contribution < -0.4 is 5.73 Å². The molecule has 0 aliphatic carbocycles. The van der Waals surface area contributed by atoms with Crippen molar-refractivity contribution >= 4 is 5.91 Å². The summed E-state index contributed by atoms with van der Waals surface area (Å²) in [5, 5.41) is 0. The van der Waals surface area contributed by atoms with E-state index in [-0.39, 0.29) is 11.4 Å². The Balaban J connectivity index is 2.38. The predicted molar refractivity (Wildman–Crippen MR) is 78.4 cm³/mol. The summed E-state index contributed by atoms with van der Waals surface area (Å²) >= 11 is 0. The molecule has 1 amide bonds. The minimum Gasteiger partial charge on any atom is -0.332 e. The van der Waals surface area contributed by atoms with Crippen molar-refractivity contribution in [1.29, 1.82) is 0 Å². The summed E-state index contributed by atoms with van der Waals surface area (Å²) in [4.78, 5) is 14.7. The second-order valence-electron chi connectivity index (χ2n) is 5.94. The van der Waals surface area contributed by atoms with Crippen LogP contribution in [0.3, 0.4) is 0 Å². The lowest BCUT2D eigenvalue weighted by atomic mass is 9.95. The standard InChI is InChI=1S/C16H24N2O/c1-11-6-7-14(13(3)12(11)2)15(19)18-9-5-8-16(18,4)10-17/h6-7H,5,8-10,17H2,1-4H3. The van der Waals surface area contributed by atoms with Crippen LogP contribution in [0.5, 0.6) is 0 Å². The van der Waals surface area contributed by atoms with Gasteiger partial charge in [0.15, 0.2) is 0 Å². The van der Waals surface area contributed by atoms with Gasteiger partial charge in [0.05, 0.1) is 5.54 Å². The molecule has 3 heteroatoms. The van der Waals surface area contributed by atoms with Crippen molar-refractivity contribution in [1.82, 2.24) is 4.90 Å². The molecule has 1 atom stereocenters. The highest BCUT2D eigenvalue weighted by Gasteiger charge is 2.39. The minimum atomic E-state index is -0.178. The molecule has 2 rings (SSSR count). The van der Waals surface area contributed by atoms with Gasteiger partial charge in [-0.2, -0.15) is 0 Å². The normalized spacial score (nSPS) is 22.9. The molecular formula is C16H24N2O. The average molecular weight is 260 g/mol. The van der Waals surface area contributed by atoms with Crippen molar-refractivity contribution in [3.05, 3.63) is 34.4 Å². The molecule has 19 heavy (non-hydrogen) atoms. The van der Waals surface area contributed by atoms with Gasteiger partial charge < -0.3 is 10.6 Å². The lowest BCUT2D eigenvalue weighted by molar-refractivity contribution is 0.0636. The molecule has 0 saturated carbocycles. The summed E-state index contributed by atoms with van der Waals surface area (Å²) in [5.41, 5.74) is 10.1. The van der Waals surface area contributed by atoms with Gasteiger partial charge in [0.2, 0.25) is 0 Å². The monoisotopic (exact) mass is 260 g/mol. The molecule has 1 aliphatic rings. The first-order chi connectivity index (χ1) is 8.90. The summed E-state index contributed by atoms with van der Waals surface area (Å²) in [6.07, 6.45) is 2.04. The molecule has 0 aromatic heterocycles. The molecule has 0 spiro atoms. The molecule has 1 aromatic carbocycles. The largest absolute Gasteiger partial charge is 0.332 e. The number of carbonyl (C=O) groups is 1. The smallest absolute Gasteiger partial charge is 0.254 e. The van der Waals surface area contributed by atoms with Gasteiger partial charge in [0.1, 0.15) is 0 Å². The van der Waals surface area contributed by atoms with Gasteiger partial charge in [-0.15, -0.1) is 0 Å². The molecule has 0 bridgehead atoms. The molecule has 1 unspecified atom stereocenters. The van der Waals surface area contributed by atoms with Crippen LogP contribution in [0, 0.1) is 20.8 Å². The summed E-state index contributed by atoms with van der Waals surface area (Å²) in [6, 6.07) is 3.99. The lowest BCUT2D eigenvalue weighted by Gasteiger charge is -2.34. The van der Waals surface area contributed by atoms with Crippen LogP contribution in [0.1, 0.15) is 46.8 Å². The first-order valence-electron chi connectivity index (χ1n) is 6.99. The Morgan fingerprint density at radius 2 is 2.00 bits per heavy atom. The van der Waals surface area contributed by atoms with Crippen LogP contribution >= 0.6 is 0 Å². The van der Waals surface area contributed by atoms with Gasteiger partial charge in [-0.3, -0.25) is 4.79 Å². The van der Waals surface area contributed by atoms with Crippen LogP contribution in [-0.4, -0.2) is 29.4 Å². The van der Waals surface area contributed by atoms with Crippen molar-refractivity contribution in [2.45, 2.75) is 46.1 Å². The minimum absolute atomic E-state index is 0.131. The van der Waals surface area contributed by atoms with Gasteiger partial charge in [-0.1, -0.05) is 6.07 Å². The molecule has 104 valence electrons. The highest BCUT2D eigenvalue weighted by molar-refractivity contribution is 5.96. The van der Waals surface area contributed by atoms with E-state index in [1.807, 2.05) is 24.0 Å². The summed E-state index contributed by atoms with van der Waals surface area (Å²) in [6.45, 7) is 9.63. The summed E-state index contributed by atoms with van der Waals surface area (Å²) < 4.78 is 0. The Labute approximate surface area is 115 Å². The maximum absolute atomic E-state index is 12.8. The van der Waals surface area contributed by atoms with E-state index >= 15 is 0 Å². The molecule has 1 saturated heterocycles. The number of likely N-dealkylation sites (tertiary alicyclic amines) is 1. The van der Waals surface area contributed by atoms with Crippen molar-refractivity contribution in [2.75, 3.05) is 13.1 Å². The lowest BCUT2D eigenvalue weighted by Crippen LogP contribution is -2.50. The fraction of sp³-hybridized carbons (Fsp3) is 0.562. The van der Waals surface area contributed by atoms with Gasteiger partial charge in [-0.25, -0.2) is 0 Å².